The average molecular weight is 360 g/mol. The van der Waals surface area contributed by atoms with Crippen molar-refractivity contribution in [3.63, 3.8) is 0 Å². The van der Waals surface area contributed by atoms with Gasteiger partial charge in [-0.05, 0) is 42.0 Å². The van der Waals surface area contributed by atoms with Crippen LogP contribution in [0.3, 0.4) is 0 Å². The molecule has 2 aromatic carbocycles. The number of benzene rings is 2. The zero-order valence-corrected chi connectivity index (χ0v) is 13.5. The highest BCUT2D eigenvalue weighted by Gasteiger charge is 2.12. The van der Waals surface area contributed by atoms with E-state index in [0.29, 0.717) is 17.9 Å². The van der Waals surface area contributed by atoms with Gasteiger partial charge in [-0.3, -0.25) is 4.79 Å². The molecular formula is C17H14BrNO3. The third-order valence-corrected chi connectivity index (χ3v) is 3.81. The van der Waals surface area contributed by atoms with Gasteiger partial charge in [-0.15, -0.1) is 0 Å². The Morgan fingerprint density at radius 3 is 2.68 bits per heavy atom. The van der Waals surface area contributed by atoms with Gasteiger partial charge in [-0.1, -0.05) is 28.1 Å². The molecule has 0 unspecified atom stereocenters. The highest BCUT2D eigenvalue weighted by molar-refractivity contribution is 9.10. The number of rotatable bonds is 4. The Kier molecular flexibility index (Phi) is 4.15. The first kappa shape index (κ1) is 14.7. The molecule has 5 heteroatoms. The summed E-state index contributed by atoms with van der Waals surface area (Å²) in [6.07, 6.45) is 0. The van der Waals surface area contributed by atoms with E-state index in [4.69, 9.17) is 9.15 Å². The lowest BCUT2D eigenvalue weighted by molar-refractivity contribution is 0.0925. The molecular weight excluding hydrogens is 346 g/mol. The molecule has 3 aromatic rings. The van der Waals surface area contributed by atoms with E-state index in [1.807, 2.05) is 42.5 Å². The number of carbonyl (C=O) groups excluding carboxylic acids is 1. The Balaban J connectivity index is 1.69. The Morgan fingerprint density at radius 1 is 1.18 bits per heavy atom. The molecule has 0 atom stereocenters. The second kappa shape index (κ2) is 6.23. The first-order chi connectivity index (χ1) is 10.7. The van der Waals surface area contributed by atoms with Gasteiger partial charge in [0.2, 0.25) is 0 Å². The molecule has 0 bridgehead atoms. The van der Waals surface area contributed by atoms with Crippen molar-refractivity contribution in [1.82, 2.24) is 5.32 Å². The van der Waals surface area contributed by atoms with Crippen LogP contribution in [-0.2, 0) is 6.54 Å². The minimum absolute atomic E-state index is 0.233. The van der Waals surface area contributed by atoms with Gasteiger partial charge < -0.3 is 14.5 Å². The average Bonchev–Trinajstić information content (AvgIpc) is 2.96. The molecule has 0 aliphatic rings. The van der Waals surface area contributed by atoms with Gasteiger partial charge in [-0.25, -0.2) is 0 Å². The van der Waals surface area contributed by atoms with E-state index >= 15 is 0 Å². The summed E-state index contributed by atoms with van der Waals surface area (Å²) in [6, 6.07) is 14.9. The summed E-state index contributed by atoms with van der Waals surface area (Å²) >= 11 is 3.40. The van der Waals surface area contributed by atoms with Crippen LogP contribution in [0, 0.1) is 0 Å². The van der Waals surface area contributed by atoms with E-state index in [1.54, 1.807) is 13.2 Å². The van der Waals surface area contributed by atoms with Gasteiger partial charge in [0, 0.05) is 16.4 Å². The van der Waals surface area contributed by atoms with Crippen LogP contribution in [0.2, 0.25) is 0 Å². The monoisotopic (exact) mass is 359 g/mol. The maximum Gasteiger partial charge on any atom is 0.287 e. The maximum absolute atomic E-state index is 12.2. The largest absolute Gasteiger partial charge is 0.497 e. The van der Waals surface area contributed by atoms with Gasteiger partial charge in [0.1, 0.15) is 11.3 Å². The smallest absolute Gasteiger partial charge is 0.287 e. The SMILES string of the molecule is COc1ccc(CNC(=O)c2cc3cc(Br)ccc3o2)cc1. The summed E-state index contributed by atoms with van der Waals surface area (Å²) < 4.78 is 11.6. The van der Waals surface area contributed by atoms with Crippen molar-refractivity contribution in [2.24, 2.45) is 0 Å². The van der Waals surface area contributed by atoms with E-state index in [1.165, 1.54) is 0 Å². The molecule has 4 nitrogen and oxygen atoms in total. The van der Waals surface area contributed by atoms with Crippen LogP contribution in [0.15, 0.2) is 57.4 Å². The Labute approximate surface area is 136 Å². The molecule has 0 radical (unpaired) electrons. The Bertz CT molecular complexity index is 808. The number of carbonyl (C=O) groups is 1. The van der Waals surface area contributed by atoms with Crippen molar-refractivity contribution in [2.45, 2.75) is 6.54 Å². The number of nitrogens with one attached hydrogen (secondary N) is 1. The lowest BCUT2D eigenvalue weighted by Crippen LogP contribution is -2.22. The predicted octanol–water partition coefficient (Wildman–Crippen LogP) is 4.13. The van der Waals surface area contributed by atoms with Gasteiger partial charge in [0.25, 0.3) is 5.91 Å². The molecule has 3 rings (SSSR count). The molecule has 1 N–H and O–H groups in total. The number of amides is 1. The van der Waals surface area contributed by atoms with Gasteiger partial charge in [0.05, 0.1) is 7.11 Å². The van der Waals surface area contributed by atoms with E-state index < -0.39 is 0 Å². The molecule has 22 heavy (non-hydrogen) atoms. The van der Waals surface area contributed by atoms with Gasteiger partial charge >= 0.3 is 0 Å². The minimum Gasteiger partial charge on any atom is -0.497 e. The third kappa shape index (κ3) is 3.14. The van der Waals surface area contributed by atoms with E-state index in [0.717, 1.165) is 21.2 Å². The summed E-state index contributed by atoms with van der Waals surface area (Å²) in [5.74, 6) is 0.864. The van der Waals surface area contributed by atoms with Crippen LogP contribution in [0.4, 0.5) is 0 Å². The normalized spacial score (nSPS) is 10.6. The Hall–Kier alpha value is -2.27. The summed E-state index contributed by atoms with van der Waals surface area (Å²) in [7, 11) is 1.62. The van der Waals surface area contributed by atoms with E-state index in [-0.39, 0.29) is 5.91 Å². The second-order valence-electron chi connectivity index (χ2n) is 4.82. The summed E-state index contributed by atoms with van der Waals surface area (Å²) in [6.45, 7) is 0.434. The Morgan fingerprint density at radius 2 is 1.95 bits per heavy atom. The zero-order chi connectivity index (χ0) is 15.5. The number of hydrogen-bond acceptors (Lipinski definition) is 3. The van der Waals surface area contributed by atoms with Crippen molar-refractivity contribution >= 4 is 32.8 Å². The molecule has 112 valence electrons. The molecule has 0 aliphatic heterocycles. The molecule has 0 fully saturated rings. The standard InChI is InChI=1S/C17H14BrNO3/c1-21-14-5-2-11(3-6-14)10-19-17(20)16-9-12-8-13(18)4-7-15(12)22-16/h2-9H,10H2,1H3,(H,19,20). The van der Waals surface area contributed by atoms with E-state index in [9.17, 15) is 4.79 Å². The van der Waals surface area contributed by atoms with Crippen LogP contribution < -0.4 is 10.1 Å². The van der Waals surface area contributed by atoms with Crippen LogP contribution in [0.25, 0.3) is 11.0 Å². The molecule has 0 aliphatic carbocycles. The van der Waals surface area contributed by atoms with Gasteiger partial charge in [0.15, 0.2) is 5.76 Å². The summed E-state index contributed by atoms with van der Waals surface area (Å²) in [5, 5.41) is 3.74. The number of hydrogen-bond donors (Lipinski definition) is 1. The van der Waals surface area contributed by atoms with Crippen molar-refractivity contribution in [1.29, 1.82) is 0 Å². The minimum atomic E-state index is -0.233. The first-order valence-electron chi connectivity index (χ1n) is 6.76. The van der Waals surface area contributed by atoms with Crippen LogP contribution >= 0.6 is 15.9 Å². The molecule has 1 amide bonds. The number of methoxy groups -OCH3 is 1. The highest BCUT2D eigenvalue weighted by Crippen LogP contribution is 2.23. The molecule has 0 spiro atoms. The topological polar surface area (TPSA) is 51.5 Å². The molecule has 0 saturated heterocycles. The fourth-order valence-corrected chi connectivity index (χ4v) is 2.52. The first-order valence-corrected chi connectivity index (χ1v) is 7.55. The van der Waals surface area contributed by atoms with Crippen molar-refractivity contribution in [3.8, 4) is 5.75 Å². The summed E-state index contributed by atoms with van der Waals surface area (Å²) in [5.41, 5.74) is 1.69. The van der Waals surface area contributed by atoms with Crippen molar-refractivity contribution < 1.29 is 13.9 Å². The third-order valence-electron chi connectivity index (χ3n) is 3.31. The zero-order valence-electron chi connectivity index (χ0n) is 11.9. The number of halogens is 1. The lowest BCUT2D eigenvalue weighted by Gasteiger charge is -2.04. The van der Waals surface area contributed by atoms with E-state index in [2.05, 4.69) is 21.2 Å². The summed E-state index contributed by atoms with van der Waals surface area (Å²) in [4.78, 5) is 12.2. The van der Waals surface area contributed by atoms with Crippen molar-refractivity contribution in [2.75, 3.05) is 7.11 Å². The maximum atomic E-state index is 12.2. The fourth-order valence-electron chi connectivity index (χ4n) is 2.14. The predicted molar refractivity (Wildman–Crippen MR) is 88.1 cm³/mol. The number of fused-ring (bicyclic) bond motifs is 1. The number of ether oxygens (including phenoxy) is 1. The molecule has 1 heterocycles. The quantitative estimate of drug-likeness (QED) is 0.761. The molecule has 0 saturated carbocycles. The highest BCUT2D eigenvalue weighted by atomic mass is 79.9. The van der Waals surface area contributed by atoms with Gasteiger partial charge in [-0.2, -0.15) is 0 Å². The van der Waals surface area contributed by atoms with Crippen LogP contribution in [-0.4, -0.2) is 13.0 Å². The number of furan rings is 1. The lowest BCUT2D eigenvalue weighted by atomic mass is 10.2. The van der Waals surface area contributed by atoms with Crippen LogP contribution in [0.5, 0.6) is 5.75 Å². The van der Waals surface area contributed by atoms with Crippen LogP contribution in [0.1, 0.15) is 16.1 Å². The van der Waals surface area contributed by atoms with Crippen molar-refractivity contribution in [3.05, 3.63) is 64.3 Å². The second-order valence-corrected chi connectivity index (χ2v) is 5.74. The fraction of sp³-hybridized carbons (Fsp3) is 0.118. The molecule has 1 aromatic heterocycles.